The third-order valence-corrected chi connectivity index (χ3v) is 3.80. The van der Waals surface area contributed by atoms with E-state index in [0.29, 0.717) is 0 Å². The van der Waals surface area contributed by atoms with Crippen LogP contribution in [0.5, 0.6) is 0 Å². The van der Waals surface area contributed by atoms with Crippen LogP contribution in [0.3, 0.4) is 0 Å². The molecule has 0 radical (unpaired) electrons. The Morgan fingerprint density at radius 3 is 2.10 bits per heavy atom. The lowest BCUT2D eigenvalue weighted by Crippen LogP contribution is -1.83. The van der Waals surface area contributed by atoms with Gasteiger partial charge in [-0.05, 0) is 46.9 Å². The van der Waals surface area contributed by atoms with Gasteiger partial charge in [-0.25, -0.2) is 4.42 Å². The Bertz CT molecular complexity index is 633. The summed E-state index contributed by atoms with van der Waals surface area (Å²) >= 11 is 1.82. The molecule has 0 bridgehead atoms. The molecule has 1 nitrogen and oxygen atoms in total. The van der Waals surface area contributed by atoms with Gasteiger partial charge in [-0.15, -0.1) is 0 Å². The molecule has 0 saturated heterocycles. The maximum Gasteiger partial charge on any atom is 0.327 e. The van der Waals surface area contributed by atoms with Gasteiger partial charge in [-0.2, -0.15) is 0 Å². The van der Waals surface area contributed by atoms with Crippen molar-refractivity contribution in [3.63, 3.8) is 0 Å². The largest absolute Gasteiger partial charge is 0.327 e. The molecular formula is C19H21OS+. The van der Waals surface area contributed by atoms with Crippen molar-refractivity contribution >= 4 is 17.8 Å². The van der Waals surface area contributed by atoms with Gasteiger partial charge in [-0.1, -0.05) is 42.1 Å². The van der Waals surface area contributed by atoms with Crippen LogP contribution in [0.1, 0.15) is 30.9 Å². The summed E-state index contributed by atoms with van der Waals surface area (Å²) < 4.78 is 5.47. The van der Waals surface area contributed by atoms with Crippen LogP contribution in [0.15, 0.2) is 68.4 Å². The van der Waals surface area contributed by atoms with Gasteiger partial charge >= 0.3 is 11.5 Å². The summed E-state index contributed by atoms with van der Waals surface area (Å²) in [7, 11) is 0. The average molecular weight is 297 g/mol. The molecule has 1 aromatic heterocycles. The number of allylic oxidation sites excluding steroid dienone is 9. The van der Waals surface area contributed by atoms with E-state index in [4.69, 9.17) is 4.42 Å². The first-order chi connectivity index (χ1) is 10.0. The SMILES string of the molecule is CC1=CC(=C/C=C/C=C/c2cc(C)[o+]c(C)c2)C=C(C)S1. The molecule has 0 saturated carbocycles. The molecule has 1 aliphatic heterocycles. The maximum atomic E-state index is 5.47. The second kappa shape index (κ2) is 7.28. The molecule has 0 amide bonds. The second-order valence-electron chi connectivity index (χ2n) is 5.13. The van der Waals surface area contributed by atoms with Gasteiger partial charge in [0.2, 0.25) is 0 Å². The highest BCUT2D eigenvalue weighted by Gasteiger charge is 2.05. The molecule has 2 heteroatoms. The summed E-state index contributed by atoms with van der Waals surface area (Å²) in [5, 5.41) is 0. The molecule has 21 heavy (non-hydrogen) atoms. The standard InChI is InChI=1S/C19H21OS/c1-14-10-18(11-15(2)20-14)8-6-5-7-9-19-12-16(3)21-17(4)13-19/h5-13H,1-4H3/q+1/b7-5+,8-6+. The first-order valence-corrected chi connectivity index (χ1v) is 7.85. The highest BCUT2D eigenvalue weighted by Crippen LogP contribution is 2.31. The van der Waals surface area contributed by atoms with Crippen LogP contribution < -0.4 is 0 Å². The van der Waals surface area contributed by atoms with Crippen LogP contribution in [-0.4, -0.2) is 0 Å². The number of rotatable bonds is 3. The summed E-state index contributed by atoms with van der Waals surface area (Å²) in [4.78, 5) is 2.67. The lowest BCUT2D eigenvalue weighted by molar-refractivity contribution is 0.485. The van der Waals surface area contributed by atoms with Crippen LogP contribution in [0.4, 0.5) is 0 Å². The zero-order valence-corrected chi connectivity index (χ0v) is 13.8. The number of hydrogen-bond donors (Lipinski definition) is 0. The van der Waals surface area contributed by atoms with Crippen molar-refractivity contribution < 1.29 is 4.42 Å². The van der Waals surface area contributed by atoms with Gasteiger partial charge in [0.25, 0.3) is 0 Å². The molecule has 0 spiro atoms. The van der Waals surface area contributed by atoms with E-state index in [1.165, 1.54) is 15.4 Å². The normalized spacial score (nSPS) is 15.5. The molecule has 108 valence electrons. The second-order valence-corrected chi connectivity index (χ2v) is 6.63. The first-order valence-electron chi connectivity index (χ1n) is 7.04. The zero-order chi connectivity index (χ0) is 15.2. The molecule has 2 heterocycles. The van der Waals surface area contributed by atoms with Gasteiger partial charge in [0.15, 0.2) is 0 Å². The molecule has 2 rings (SSSR count). The summed E-state index contributed by atoms with van der Waals surface area (Å²) in [5.74, 6) is 1.86. The zero-order valence-electron chi connectivity index (χ0n) is 13.0. The number of aryl methyl sites for hydroxylation is 2. The van der Waals surface area contributed by atoms with Crippen molar-refractivity contribution in [1.29, 1.82) is 0 Å². The van der Waals surface area contributed by atoms with Crippen molar-refractivity contribution in [3.8, 4) is 0 Å². The molecule has 0 aromatic carbocycles. The summed E-state index contributed by atoms with van der Waals surface area (Å²) in [5.41, 5.74) is 2.41. The van der Waals surface area contributed by atoms with E-state index < -0.39 is 0 Å². The van der Waals surface area contributed by atoms with Crippen molar-refractivity contribution in [2.24, 2.45) is 0 Å². The first kappa shape index (κ1) is 15.6. The minimum Gasteiger partial charge on any atom is -0.218 e. The Kier molecular flexibility index (Phi) is 5.40. The number of hydrogen-bond acceptors (Lipinski definition) is 1. The van der Waals surface area contributed by atoms with Crippen LogP contribution in [0, 0.1) is 13.8 Å². The Morgan fingerprint density at radius 1 is 0.857 bits per heavy atom. The van der Waals surface area contributed by atoms with Crippen LogP contribution in [0.2, 0.25) is 0 Å². The van der Waals surface area contributed by atoms with Crippen molar-refractivity contribution in [1.82, 2.24) is 0 Å². The maximum absolute atomic E-state index is 5.47. The minimum atomic E-state index is 0.932. The van der Waals surface area contributed by atoms with E-state index in [0.717, 1.165) is 17.1 Å². The molecule has 0 atom stereocenters. The van der Waals surface area contributed by atoms with Crippen LogP contribution in [0.25, 0.3) is 6.08 Å². The predicted octanol–water partition coefficient (Wildman–Crippen LogP) is 6.23. The van der Waals surface area contributed by atoms with E-state index >= 15 is 0 Å². The van der Waals surface area contributed by atoms with Gasteiger partial charge in [0.1, 0.15) is 0 Å². The minimum absolute atomic E-state index is 0.932. The Hall–Kier alpha value is -1.80. The molecule has 0 N–H and O–H groups in total. The molecule has 0 aliphatic carbocycles. The molecule has 1 aromatic rings. The van der Waals surface area contributed by atoms with E-state index in [2.05, 4.69) is 56.4 Å². The van der Waals surface area contributed by atoms with E-state index in [-0.39, 0.29) is 0 Å². The topological polar surface area (TPSA) is 11.3 Å². The molecule has 1 aliphatic rings. The Labute approximate surface area is 131 Å². The Balaban J connectivity index is 2.02. The molecular weight excluding hydrogens is 276 g/mol. The fourth-order valence-corrected chi connectivity index (χ4v) is 3.14. The molecule has 0 unspecified atom stereocenters. The lowest BCUT2D eigenvalue weighted by Gasteiger charge is -2.08. The van der Waals surface area contributed by atoms with Gasteiger partial charge < -0.3 is 0 Å². The summed E-state index contributed by atoms with van der Waals surface area (Å²) in [6.07, 6.45) is 14.8. The van der Waals surface area contributed by atoms with Gasteiger partial charge in [0.05, 0.1) is 13.8 Å². The van der Waals surface area contributed by atoms with Gasteiger partial charge in [-0.3, -0.25) is 0 Å². The summed E-state index contributed by atoms with van der Waals surface area (Å²) in [6, 6.07) is 4.07. The van der Waals surface area contributed by atoms with Crippen molar-refractivity contribution in [2.75, 3.05) is 0 Å². The highest BCUT2D eigenvalue weighted by atomic mass is 32.2. The summed E-state index contributed by atoms with van der Waals surface area (Å²) in [6.45, 7) is 8.22. The predicted molar refractivity (Wildman–Crippen MR) is 94.0 cm³/mol. The quantitative estimate of drug-likeness (QED) is 0.484. The fourth-order valence-electron chi connectivity index (χ4n) is 2.24. The smallest absolute Gasteiger partial charge is 0.218 e. The van der Waals surface area contributed by atoms with Crippen LogP contribution >= 0.6 is 11.8 Å². The monoisotopic (exact) mass is 297 g/mol. The average Bonchev–Trinajstić information content (AvgIpc) is 2.36. The van der Waals surface area contributed by atoms with Crippen molar-refractivity contribution in [3.05, 3.63) is 81.1 Å². The number of thioether (sulfide) groups is 1. The Morgan fingerprint density at radius 2 is 1.48 bits per heavy atom. The van der Waals surface area contributed by atoms with E-state index in [9.17, 15) is 0 Å². The van der Waals surface area contributed by atoms with Crippen LogP contribution in [-0.2, 0) is 0 Å². The van der Waals surface area contributed by atoms with E-state index in [1.807, 2.05) is 37.7 Å². The third kappa shape index (κ3) is 5.24. The molecule has 0 fully saturated rings. The van der Waals surface area contributed by atoms with Gasteiger partial charge in [0, 0.05) is 12.1 Å². The fraction of sp³-hybridized carbons (Fsp3) is 0.211. The van der Waals surface area contributed by atoms with E-state index in [1.54, 1.807) is 0 Å². The van der Waals surface area contributed by atoms with Crippen molar-refractivity contribution in [2.45, 2.75) is 27.7 Å². The highest BCUT2D eigenvalue weighted by molar-refractivity contribution is 8.06. The lowest BCUT2D eigenvalue weighted by atomic mass is 10.2. The third-order valence-electron chi connectivity index (χ3n) is 2.92.